The van der Waals surface area contributed by atoms with Crippen molar-refractivity contribution in [1.29, 1.82) is 0 Å². The van der Waals surface area contributed by atoms with Crippen LogP contribution in [-0.4, -0.2) is 28.9 Å². The van der Waals surface area contributed by atoms with Gasteiger partial charge in [0.2, 0.25) is 0 Å². The lowest BCUT2D eigenvalue weighted by Crippen LogP contribution is -2.42. The number of aromatic nitrogens is 1. The van der Waals surface area contributed by atoms with Crippen LogP contribution in [0.5, 0.6) is 0 Å². The summed E-state index contributed by atoms with van der Waals surface area (Å²) in [6, 6.07) is 3.49. The maximum atomic E-state index is 12.3. The van der Waals surface area contributed by atoms with Gasteiger partial charge < -0.3 is 10.6 Å². The van der Waals surface area contributed by atoms with E-state index in [1.165, 1.54) is 0 Å². The minimum atomic E-state index is 0.00866. The molecule has 2 N–H and O–H groups in total. The molecule has 1 aromatic rings. The van der Waals surface area contributed by atoms with Gasteiger partial charge in [0.15, 0.2) is 0 Å². The van der Waals surface area contributed by atoms with E-state index in [-0.39, 0.29) is 5.91 Å². The number of likely N-dealkylation sites (tertiary alicyclic amines) is 1. The molecule has 92 valence electrons. The summed E-state index contributed by atoms with van der Waals surface area (Å²) in [7, 11) is 0. The van der Waals surface area contributed by atoms with Gasteiger partial charge in [-0.3, -0.25) is 4.79 Å². The number of nitrogens with two attached hydrogens (primary N) is 1. The lowest BCUT2D eigenvalue weighted by Gasteiger charge is -2.35. The first kappa shape index (κ1) is 11.9. The number of nitrogen functional groups attached to an aromatic ring is 1. The first-order valence-corrected chi connectivity index (χ1v) is 6.09. The molecule has 1 aromatic heterocycles. The number of pyridine rings is 1. The molecule has 0 bridgehead atoms. The van der Waals surface area contributed by atoms with Crippen LogP contribution in [0.3, 0.4) is 0 Å². The number of amides is 1. The van der Waals surface area contributed by atoms with Gasteiger partial charge in [0.25, 0.3) is 5.91 Å². The molecule has 1 saturated heterocycles. The van der Waals surface area contributed by atoms with Gasteiger partial charge in [-0.25, -0.2) is 4.98 Å². The van der Waals surface area contributed by atoms with Crippen LogP contribution >= 0.6 is 0 Å². The SMILES string of the molecule is CC1CCN(C(=O)c2cccnc2N)CC1C. The molecule has 4 nitrogen and oxygen atoms in total. The van der Waals surface area contributed by atoms with Gasteiger partial charge in [-0.2, -0.15) is 0 Å². The predicted octanol–water partition coefficient (Wildman–Crippen LogP) is 1.78. The highest BCUT2D eigenvalue weighted by molar-refractivity contribution is 5.98. The molecule has 0 radical (unpaired) electrons. The molecule has 0 aromatic carbocycles. The fraction of sp³-hybridized carbons (Fsp3) is 0.538. The highest BCUT2D eigenvalue weighted by atomic mass is 16.2. The van der Waals surface area contributed by atoms with Gasteiger partial charge in [-0.15, -0.1) is 0 Å². The van der Waals surface area contributed by atoms with Crippen LogP contribution in [0.1, 0.15) is 30.6 Å². The molecule has 2 unspecified atom stereocenters. The van der Waals surface area contributed by atoms with Gasteiger partial charge >= 0.3 is 0 Å². The second kappa shape index (κ2) is 4.73. The summed E-state index contributed by atoms with van der Waals surface area (Å²) in [5, 5.41) is 0. The van der Waals surface area contributed by atoms with Crippen molar-refractivity contribution in [3.63, 3.8) is 0 Å². The molecule has 4 heteroatoms. The Morgan fingerprint density at radius 2 is 2.24 bits per heavy atom. The second-order valence-electron chi connectivity index (χ2n) is 4.93. The van der Waals surface area contributed by atoms with E-state index in [9.17, 15) is 4.79 Å². The van der Waals surface area contributed by atoms with Crippen LogP contribution in [0.25, 0.3) is 0 Å². The van der Waals surface area contributed by atoms with E-state index in [2.05, 4.69) is 18.8 Å². The molecule has 0 aliphatic carbocycles. The normalized spacial score (nSPS) is 24.7. The Bertz CT molecular complexity index is 419. The maximum Gasteiger partial charge on any atom is 0.257 e. The molecular weight excluding hydrogens is 214 g/mol. The number of anilines is 1. The van der Waals surface area contributed by atoms with E-state index in [0.717, 1.165) is 19.5 Å². The van der Waals surface area contributed by atoms with Gasteiger partial charge in [-0.1, -0.05) is 13.8 Å². The predicted molar refractivity (Wildman–Crippen MR) is 67.5 cm³/mol. The molecule has 0 saturated carbocycles. The monoisotopic (exact) mass is 233 g/mol. The lowest BCUT2D eigenvalue weighted by atomic mass is 9.88. The van der Waals surface area contributed by atoms with E-state index in [4.69, 9.17) is 5.73 Å². The zero-order valence-electron chi connectivity index (χ0n) is 10.4. The summed E-state index contributed by atoms with van der Waals surface area (Å²) < 4.78 is 0. The van der Waals surface area contributed by atoms with E-state index < -0.39 is 0 Å². The van der Waals surface area contributed by atoms with Crippen molar-refractivity contribution in [3.05, 3.63) is 23.9 Å². The Hall–Kier alpha value is -1.58. The molecule has 1 aliphatic heterocycles. The molecule has 1 aliphatic rings. The number of nitrogens with zero attached hydrogens (tertiary/aromatic N) is 2. The standard InChI is InChI=1S/C13H19N3O/c1-9-5-7-16(8-10(9)2)13(17)11-4-3-6-15-12(11)14/h3-4,6,9-10H,5,7-8H2,1-2H3,(H2,14,15). The average molecular weight is 233 g/mol. The van der Waals surface area contributed by atoms with Crippen molar-refractivity contribution in [2.45, 2.75) is 20.3 Å². The van der Waals surface area contributed by atoms with Crippen LogP contribution < -0.4 is 5.73 Å². The number of carbonyl (C=O) groups excluding carboxylic acids is 1. The molecule has 17 heavy (non-hydrogen) atoms. The molecule has 2 atom stereocenters. The smallest absolute Gasteiger partial charge is 0.257 e. The minimum absolute atomic E-state index is 0.00866. The largest absolute Gasteiger partial charge is 0.383 e. The van der Waals surface area contributed by atoms with Crippen molar-refractivity contribution in [3.8, 4) is 0 Å². The third-order valence-corrected chi connectivity index (χ3v) is 3.69. The summed E-state index contributed by atoms with van der Waals surface area (Å²) in [6.45, 7) is 6.06. The summed E-state index contributed by atoms with van der Waals surface area (Å²) in [6.07, 6.45) is 2.67. The third kappa shape index (κ3) is 2.40. The summed E-state index contributed by atoms with van der Waals surface area (Å²) in [5.74, 6) is 1.56. The minimum Gasteiger partial charge on any atom is -0.383 e. The molecule has 2 rings (SSSR count). The van der Waals surface area contributed by atoms with E-state index >= 15 is 0 Å². The first-order chi connectivity index (χ1) is 8.09. The summed E-state index contributed by atoms with van der Waals surface area (Å²) in [4.78, 5) is 18.1. The van der Waals surface area contributed by atoms with Gasteiger partial charge in [0, 0.05) is 19.3 Å². The first-order valence-electron chi connectivity index (χ1n) is 6.09. The fourth-order valence-electron chi connectivity index (χ4n) is 2.22. The Morgan fingerprint density at radius 1 is 1.47 bits per heavy atom. The maximum absolute atomic E-state index is 12.3. The van der Waals surface area contributed by atoms with Crippen molar-refractivity contribution >= 4 is 11.7 Å². The van der Waals surface area contributed by atoms with E-state index in [1.807, 2.05) is 4.90 Å². The van der Waals surface area contributed by atoms with Crippen molar-refractivity contribution in [2.24, 2.45) is 11.8 Å². The summed E-state index contributed by atoms with van der Waals surface area (Å²) >= 11 is 0. The van der Waals surface area contributed by atoms with Crippen molar-refractivity contribution in [2.75, 3.05) is 18.8 Å². The second-order valence-corrected chi connectivity index (χ2v) is 4.93. The highest BCUT2D eigenvalue weighted by Gasteiger charge is 2.27. The Balaban J connectivity index is 2.14. The Kier molecular flexibility index (Phi) is 3.31. The zero-order chi connectivity index (χ0) is 12.4. The van der Waals surface area contributed by atoms with Crippen LogP contribution in [0.2, 0.25) is 0 Å². The molecule has 0 spiro atoms. The van der Waals surface area contributed by atoms with Crippen molar-refractivity contribution in [1.82, 2.24) is 9.88 Å². The van der Waals surface area contributed by atoms with Crippen LogP contribution in [0, 0.1) is 11.8 Å². The number of hydrogen-bond donors (Lipinski definition) is 1. The number of piperidine rings is 1. The topological polar surface area (TPSA) is 59.2 Å². The van der Waals surface area contributed by atoms with Gasteiger partial charge in [0.1, 0.15) is 5.82 Å². The molecule has 1 amide bonds. The van der Waals surface area contributed by atoms with Crippen LogP contribution in [0.15, 0.2) is 18.3 Å². The van der Waals surface area contributed by atoms with Crippen LogP contribution in [0.4, 0.5) is 5.82 Å². The molecule has 1 fully saturated rings. The average Bonchev–Trinajstić information content (AvgIpc) is 2.32. The highest BCUT2D eigenvalue weighted by Crippen LogP contribution is 2.24. The quantitative estimate of drug-likeness (QED) is 0.804. The number of hydrogen-bond acceptors (Lipinski definition) is 3. The number of rotatable bonds is 1. The van der Waals surface area contributed by atoms with E-state index in [0.29, 0.717) is 23.2 Å². The van der Waals surface area contributed by atoms with Gasteiger partial charge in [-0.05, 0) is 30.4 Å². The Morgan fingerprint density at radius 3 is 2.88 bits per heavy atom. The fourth-order valence-corrected chi connectivity index (χ4v) is 2.22. The van der Waals surface area contributed by atoms with Crippen molar-refractivity contribution < 1.29 is 4.79 Å². The van der Waals surface area contributed by atoms with E-state index in [1.54, 1.807) is 18.3 Å². The summed E-state index contributed by atoms with van der Waals surface area (Å²) in [5.41, 5.74) is 6.25. The Labute approximate surface area is 102 Å². The molecule has 2 heterocycles. The molecular formula is C13H19N3O. The van der Waals surface area contributed by atoms with Gasteiger partial charge in [0.05, 0.1) is 5.56 Å². The van der Waals surface area contributed by atoms with Crippen LogP contribution in [-0.2, 0) is 0 Å². The number of carbonyl (C=O) groups is 1. The third-order valence-electron chi connectivity index (χ3n) is 3.69. The zero-order valence-corrected chi connectivity index (χ0v) is 10.4. The lowest BCUT2D eigenvalue weighted by molar-refractivity contribution is 0.0628.